The van der Waals surface area contributed by atoms with E-state index in [9.17, 15) is 13.6 Å². The zero-order valence-electron chi connectivity index (χ0n) is 14.5. The first-order valence-electron chi connectivity index (χ1n) is 9.18. The molecule has 0 radical (unpaired) electrons. The molecule has 138 valence electrons. The summed E-state index contributed by atoms with van der Waals surface area (Å²) in [5.41, 5.74) is 0.351. The highest BCUT2D eigenvalue weighted by atomic mass is 19.1. The molecule has 0 spiro atoms. The summed E-state index contributed by atoms with van der Waals surface area (Å²) in [6.07, 6.45) is 5.32. The zero-order chi connectivity index (χ0) is 18.1. The third kappa shape index (κ3) is 3.61. The third-order valence-corrected chi connectivity index (χ3v) is 5.13. The average molecular weight is 361 g/mol. The standard InChI is InChI=1S/C19H21F2N3O2/c20-14-8-6-12(15(21)11-14)7-9-17(25)24-10-2-1-3-16(24)18-22-19(26-23-18)13-4-5-13/h6,8,11,13,16H,1-5,7,9-10H2. The quantitative estimate of drug-likeness (QED) is 0.810. The van der Waals surface area contributed by atoms with Gasteiger partial charge in [-0.25, -0.2) is 8.78 Å². The van der Waals surface area contributed by atoms with Crippen LogP contribution in [0.4, 0.5) is 8.78 Å². The minimum absolute atomic E-state index is 0.0591. The number of halogens is 2. The first-order valence-corrected chi connectivity index (χ1v) is 9.18. The first kappa shape index (κ1) is 17.1. The number of piperidine rings is 1. The van der Waals surface area contributed by atoms with Gasteiger partial charge in [0.25, 0.3) is 0 Å². The van der Waals surface area contributed by atoms with E-state index in [0.29, 0.717) is 29.7 Å². The summed E-state index contributed by atoms with van der Waals surface area (Å²) in [4.78, 5) is 19.0. The summed E-state index contributed by atoms with van der Waals surface area (Å²) in [5, 5.41) is 4.09. The molecule has 7 heteroatoms. The Kier molecular flexibility index (Phi) is 4.70. The van der Waals surface area contributed by atoms with Gasteiger partial charge in [-0.2, -0.15) is 4.98 Å². The maximum atomic E-state index is 13.8. The van der Waals surface area contributed by atoms with Gasteiger partial charge in [-0.1, -0.05) is 11.2 Å². The fraction of sp³-hybridized carbons (Fsp3) is 0.526. The lowest BCUT2D eigenvalue weighted by molar-refractivity contribution is -0.135. The van der Waals surface area contributed by atoms with E-state index < -0.39 is 11.6 Å². The van der Waals surface area contributed by atoms with Crippen molar-refractivity contribution < 1.29 is 18.1 Å². The molecule has 1 aromatic heterocycles. The summed E-state index contributed by atoms with van der Waals surface area (Å²) < 4.78 is 32.1. The van der Waals surface area contributed by atoms with Gasteiger partial charge >= 0.3 is 0 Å². The second-order valence-corrected chi connectivity index (χ2v) is 7.10. The van der Waals surface area contributed by atoms with Crippen molar-refractivity contribution in [2.45, 2.75) is 56.9 Å². The van der Waals surface area contributed by atoms with E-state index in [1.165, 1.54) is 12.1 Å². The van der Waals surface area contributed by atoms with E-state index in [4.69, 9.17) is 4.52 Å². The minimum Gasteiger partial charge on any atom is -0.339 e. The van der Waals surface area contributed by atoms with E-state index >= 15 is 0 Å². The van der Waals surface area contributed by atoms with Crippen molar-refractivity contribution in [1.82, 2.24) is 15.0 Å². The molecule has 1 aliphatic heterocycles. The SMILES string of the molecule is O=C(CCc1ccc(F)cc1F)N1CCCCC1c1noc(C2CC2)n1. The summed E-state index contributed by atoms with van der Waals surface area (Å²) in [7, 11) is 0. The maximum Gasteiger partial charge on any atom is 0.229 e. The lowest BCUT2D eigenvalue weighted by atomic mass is 10.00. The molecule has 2 aliphatic rings. The number of rotatable bonds is 5. The van der Waals surface area contributed by atoms with E-state index in [1.54, 1.807) is 4.90 Å². The van der Waals surface area contributed by atoms with E-state index in [2.05, 4.69) is 10.1 Å². The second-order valence-electron chi connectivity index (χ2n) is 7.10. The van der Waals surface area contributed by atoms with Crippen LogP contribution in [0.2, 0.25) is 0 Å². The van der Waals surface area contributed by atoms with E-state index in [-0.39, 0.29) is 24.8 Å². The Morgan fingerprint density at radius 2 is 2.08 bits per heavy atom. The zero-order valence-corrected chi connectivity index (χ0v) is 14.5. The smallest absolute Gasteiger partial charge is 0.229 e. The summed E-state index contributed by atoms with van der Waals surface area (Å²) in [6.45, 7) is 0.642. The molecule has 26 heavy (non-hydrogen) atoms. The molecule has 1 unspecified atom stereocenters. The lowest BCUT2D eigenvalue weighted by Gasteiger charge is -2.34. The van der Waals surface area contributed by atoms with Gasteiger partial charge in [-0.3, -0.25) is 4.79 Å². The van der Waals surface area contributed by atoms with E-state index in [1.807, 2.05) is 0 Å². The van der Waals surface area contributed by atoms with Crippen molar-refractivity contribution in [2.24, 2.45) is 0 Å². The molecule has 1 aliphatic carbocycles. The highest BCUT2D eigenvalue weighted by Crippen LogP contribution is 2.40. The predicted molar refractivity (Wildman–Crippen MR) is 89.3 cm³/mol. The Morgan fingerprint density at radius 3 is 2.85 bits per heavy atom. The van der Waals surface area contributed by atoms with Gasteiger partial charge < -0.3 is 9.42 Å². The molecule has 1 saturated carbocycles. The maximum absolute atomic E-state index is 13.8. The molecule has 1 amide bonds. The highest BCUT2D eigenvalue weighted by Gasteiger charge is 2.34. The van der Waals surface area contributed by atoms with Crippen molar-refractivity contribution in [1.29, 1.82) is 0 Å². The van der Waals surface area contributed by atoms with E-state index in [0.717, 1.165) is 38.2 Å². The van der Waals surface area contributed by atoms with Crippen molar-refractivity contribution in [3.05, 3.63) is 47.1 Å². The van der Waals surface area contributed by atoms with Crippen LogP contribution in [0.3, 0.4) is 0 Å². The van der Waals surface area contributed by atoms with Crippen molar-refractivity contribution in [3.63, 3.8) is 0 Å². The molecule has 5 nitrogen and oxygen atoms in total. The molecule has 0 bridgehead atoms. The molecule has 2 heterocycles. The number of carbonyl (C=O) groups is 1. The number of likely N-dealkylation sites (tertiary alicyclic amines) is 1. The molecular formula is C19H21F2N3O2. The highest BCUT2D eigenvalue weighted by molar-refractivity contribution is 5.77. The van der Waals surface area contributed by atoms with Gasteiger partial charge in [0, 0.05) is 24.9 Å². The van der Waals surface area contributed by atoms with Crippen LogP contribution in [-0.2, 0) is 11.2 Å². The summed E-state index contributed by atoms with van der Waals surface area (Å²) in [6, 6.07) is 3.28. The molecule has 1 saturated heterocycles. The largest absolute Gasteiger partial charge is 0.339 e. The van der Waals surface area contributed by atoms with Gasteiger partial charge in [-0.15, -0.1) is 0 Å². The van der Waals surface area contributed by atoms with Crippen LogP contribution in [0.15, 0.2) is 22.7 Å². The molecule has 4 rings (SSSR count). The number of nitrogens with zero attached hydrogens (tertiary/aromatic N) is 3. The number of hydrogen-bond acceptors (Lipinski definition) is 4. The van der Waals surface area contributed by atoms with Crippen molar-refractivity contribution in [3.8, 4) is 0 Å². The van der Waals surface area contributed by atoms with Crippen LogP contribution in [0.25, 0.3) is 0 Å². The number of benzene rings is 1. The number of carbonyl (C=O) groups excluding carboxylic acids is 1. The van der Waals surface area contributed by atoms with Gasteiger partial charge in [0.2, 0.25) is 11.8 Å². The van der Waals surface area contributed by atoms with Crippen LogP contribution in [0, 0.1) is 11.6 Å². The molecule has 1 aromatic carbocycles. The van der Waals surface area contributed by atoms with Gasteiger partial charge in [0.05, 0.1) is 6.04 Å². The van der Waals surface area contributed by atoms with Crippen molar-refractivity contribution in [2.75, 3.05) is 6.54 Å². The predicted octanol–water partition coefficient (Wildman–Crippen LogP) is 3.91. The number of hydrogen-bond donors (Lipinski definition) is 0. The molecule has 2 aromatic rings. The average Bonchev–Trinajstić information content (AvgIpc) is 3.38. The molecule has 1 atom stereocenters. The second kappa shape index (κ2) is 7.13. The minimum atomic E-state index is -0.614. The molecular weight excluding hydrogens is 340 g/mol. The number of aryl methyl sites for hydroxylation is 1. The van der Waals surface area contributed by atoms with Crippen LogP contribution < -0.4 is 0 Å². The number of aromatic nitrogens is 2. The Bertz CT molecular complexity index is 804. The Balaban J connectivity index is 1.43. The van der Waals surface area contributed by atoms with Crippen molar-refractivity contribution >= 4 is 5.91 Å². The lowest BCUT2D eigenvalue weighted by Crippen LogP contribution is -2.39. The van der Waals surface area contributed by atoms with Gasteiger partial charge in [-0.05, 0) is 50.2 Å². The van der Waals surface area contributed by atoms with Crippen LogP contribution in [0.1, 0.15) is 67.8 Å². The monoisotopic (exact) mass is 361 g/mol. The third-order valence-electron chi connectivity index (χ3n) is 5.13. The first-order chi connectivity index (χ1) is 12.6. The topological polar surface area (TPSA) is 59.2 Å². The van der Waals surface area contributed by atoms with Crippen LogP contribution >= 0.6 is 0 Å². The van der Waals surface area contributed by atoms with Crippen LogP contribution in [-0.4, -0.2) is 27.5 Å². The fourth-order valence-electron chi connectivity index (χ4n) is 3.49. The molecule has 0 N–H and O–H groups in total. The number of amides is 1. The normalized spacial score (nSPS) is 20.4. The van der Waals surface area contributed by atoms with Crippen LogP contribution in [0.5, 0.6) is 0 Å². The summed E-state index contributed by atoms with van der Waals surface area (Å²) in [5.74, 6) is 0.346. The fourth-order valence-corrected chi connectivity index (χ4v) is 3.49. The Labute approximate surface area is 150 Å². The Morgan fingerprint density at radius 1 is 1.23 bits per heavy atom. The van der Waals surface area contributed by atoms with Gasteiger partial charge in [0.1, 0.15) is 11.6 Å². The van der Waals surface area contributed by atoms with Gasteiger partial charge in [0.15, 0.2) is 5.82 Å². The Hall–Kier alpha value is -2.31. The molecule has 2 fully saturated rings. The summed E-state index contributed by atoms with van der Waals surface area (Å²) >= 11 is 0.